The van der Waals surface area contributed by atoms with Gasteiger partial charge in [0.05, 0.1) is 23.9 Å². The Morgan fingerprint density at radius 2 is 1.69 bits per heavy atom. The number of benzene rings is 1. The van der Waals surface area contributed by atoms with Crippen molar-refractivity contribution < 1.29 is 28.5 Å². The van der Waals surface area contributed by atoms with Crippen LogP contribution in [-0.2, 0) is 6.18 Å². The highest BCUT2D eigenvalue weighted by Gasteiger charge is 2.50. The van der Waals surface area contributed by atoms with Crippen LogP contribution in [0.2, 0.25) is 0 Å². The quantitative estimate of drug-likeness (QED) is 0.385. The maximum Gasteiger partial charge on any atom is 0.416 e. The number of aliphatic hydroxyl groups excluding tert-OH is 3. The van der Waals surface area contributed by atoms with E-state index in [9.17, 15) is 28.5 Å². The zero-order valence-electron chi connectivity index (χ0n) is 21.5. The summed E-state index contributed by atoms with van der Waals surface area (Å²) in [7, 11) is 0. The fraction of sp³-hybridized carbons (Fsp3) is 0.667. The van der Waals surface area contributed by atoms with Crippen molar-refractivity contribution in [2.45, 2.75) is 103 Å². The molecular formula is C30H41F3O3. The van der Waals surface area contributed by atoms with Crippen LogP contribution in [-0.4, -0.2) is 27.5 Å². The Morgan fingerprint density at radius 1 is 1.03 bits per heavy atom. The minimum atomic E-state index is -4.37. The Hall–Kier alpha value is -1.63. The third kappa shape index (κ3) is 6.08. The van der Waals surface area contributed by atoms with Crippen molar-refractivity contribution in [1.82, 2.24) is 0 Å². The number of aliphatic hydroxyl groups is 3. The monoisotopic (exact) mass is 506 g/mol. The maximum absolute atomic E-state index is 12.8. The smallest absolute Gasteiger partial charge is 0.393 e. The molecule has 6 heteroatoms. The number of allylic oxidation sites excluding steroid dienone is 3. The zero-order chi connectivity index (χ0) is 26.1. The highest BCUT2D eigenvalue weighted by atomic mass is 19.4. The van der Waals surface area contributed by atoms with Crippen molar-refractivity contribution in [2.24, 2.45) is 23.2 Å². The lowest BCUT2D eigenvalue weighted by Crippen LogP contribution is -2.36. The minimum Gasteiger partial charge on any atom is -0.393 e. The largest absolute Gasteiger partial charge is 0.416 e. The van der Waals surface area contributed by atoms with E-state index in [-0.39, 0.29) is 5.41 Å². The molecule has 0 radical (unpaired) electrons. The van der Waals surface area contributed by atoms with Crippen LogP contribution in [0.1, 0.15) is 95.3 Å². The van der Waals surface area contributed by atoms with E-state index in [1.807, 2.05) is 0 Å². The van der Waals surface area contributed by atoms with Crippen LogP contribution >= 0.6 is 0 Å². The van der Waals surface area contributed by atoms with Crippen LogP contribution in [0.5, 0.6) is 0 Å². The third-order valence-corrected chi connectivity index (χ3v) is 9.32. The SMILES string of the molecule is C[C@H](CC[C@H](O)c1ccc(C(F)(F)F)cc1)[C@H]1CC[C@H]2/C(=C/C=C3C[C@@H](O)C[C@H](O)C3)CCC[C@]12C. The van der Waals surface area contributed by atoms with E-state index < -0.39 is 30.1 Å². The lowest BCUT2D eigenvalue weighted by molar-refractivity contribution is -0.137. The molecular weight excluding hydrogens is 465 g/mol. The molecule has 1 aromatic carbocycles. The molecule has 1 aromatic rings. The molecule has 7 atom stereocenters. The average Bonchev–Trinajstić information content (AvgIpc) is 3.17. The van der Waals surface area contributed by atoms with Gasteiger partial charge in [-0.05, 0) is 105 Å². The Morgan fingerprint density at radius 3 is 2.33 bits per heavy atom. The first kappa shape index (κ1) is 27.4. The van der Waals surface area contributed by atoms with Crippen LogP contribution in [0.25, 0.3) is 0 Å². The normalized spacial score (nSPS) is 33.9. The van der Waals surface area contributed by atoms with E-state index in [1.165, 1.54) is 24.1 Å². The van der Waals surface area contributed by atoms with Gasteiger partial charge in [0.2, 0.25) is 0 Å². The summed E-state index contributed by atoms with van der Waals surface area (Å²) < 4.78 is 38.5. The van der Waals surface area contributed by atoms with Crippen molar-refractivity contribution in [1.29, 1.82) is 0 Å². The summed E-state index contributed by atoms with van der Waals surface area (Å²) in [5.74, 6) is 1.51. The summed E-state index contributed by atoms with van der Waals surface area (Å²) >= 11 is 0. The van der Waals surface area contributed by atoms with Gasteiger partial charge in [0.25, 0.3) is 0 Å². The van der Waals surface area contributed by atoms with Gasteiger partial charge in [-0.2, -0.15) is 13.2 Å². The summed E-state index contributed by atoms with van der Waals surface area (Å²) in [6.45, 7) is 4.69. The van der Waals surface area contributed by atoms with Crippen molar-refractivity contribution >= 4 is 0 Å². The van der Waals surface area contributed by atoms with Crippen LogP contribution in [0.15, 0.2) is 47.6 Å². The van der Waals surface area contributed by atoms with Crippen LogP contribution in [0.3, 0.4) is 0 Å². The van der Waals surface area contributed by atoms with E-state index >= 15 is 0 Å². The Kier molecular flexibility index (Phi) is 8.38. The first-order valence-corrected chi connectivity index (χ1v) is 13.6. The number of hydrogen-bond donors (Lipinski definition) is 3. The summed E-state index contributed by atoms with van der Waals surface area (Å²) in [6, 6.07) is 4.87. The highest BCUT2D eigenvalue weighted by Crippen LogP contribution is 2.60. The second-order valence-corrected chi connectivity index (χ2v) is 11.8. The van der Waals surface area contributed by atoms with E-state index in [0.29, 0.717) is 49.0 Å². The molecule has 0 heterocycles. The molecule has 0 saturated heterocycles. The van der Waals surface area contributed by atoms with Gasteiger partial charge in [-0.25, -0.2) is 0 Å². The molecule has 3 saturated carbocycles. The first-order valence-electron chi connectivity index (χ1n) is 13.6. The van der Waals surface area contributed by atoms with E-state index in [0.717, 1.165) is 49.8 Å². The number of alkyl halides is 3. The average molecular weight is 507 g/mol. The molecule has 3 fully saturated rings. The van der Waals surface area contributed by atoms with Crippen molar-refractivity contribution in [3.63, 3.8) is 0 Å². The fourth-order valence-electron chi connectivity index (χ4n) is 7.43. The Labute approximate surface area is 213 Å². The molecule has 0 spiro atoms. The van der Waals surface area contributed by atoms with Crippen LogP contribution in [0, 0.1) is 23.2 Å². The molecule has 0 aliphatic heterocycles. The third-order valence-electron chi connectivity index (χ3n) is 9.32. The zero-order valence-corrected chi connectivity index (χ0v) is 21.5. The van der Waals surface area contributed by atoms with Crippen molar-refractivity contribution in [2.75, 3.05) is 0 Å². The molecule has 0 aromatic heterocycles. The summed E-state index contributed by atoms with van der Waals surface area (Å²) in [5, 5.41) is 30.6. The van der Waals surface area contributed by atoms with Gasteiger partial charge in [-0.3, -0.25) is 0 Å². The summed E-state index contributed by atoms with van der Waals surface area (Å²) in [4.78, 5) is 0. The first-order chi connectivity index (χ1) is 17.0. The van der Waals surface area contributed by atoms with Gasteiger partial charge in [0, 0.05) is 0 Å². The number of halogens is 3. The van der Waals surface area contributed by atoms with Crippen LogP contribution in [0.4, 0.5) is 13.2 Å². The lowest BCUT2D eigenvalue weighted by atomic mass is 9.60. The van der Waals surface area contributed by atoms with Gasteiger partial charge in [0.15, 0.2) is 0 Å². The van der Waals surface area contributed by atoms with Gasteiger partial charge in [-0.15, -0.1) is 0 Å². The summed E-state index contributed by atoms with van der Waals surface area (Å²) in [5.41, 5.74) is 2.68. The van der Waals surface area contributed by atoms with Gasteiger partial charge < -0.3 is 15.3 Å². The second-order valence-electron chi connectivity index (χ2n) is 11.8. The molecule has 3 aliphatic carbocycles. The predicted octanol–water partition coefficient (Wildman–Crippen LogP) is 7.13. The highest BCUT2D eigenvalue weighted by molar-refractivity contribution is 5.27. The fourth-order valence-corrected chi connectivity index (χ4v) is 7.43. The van der Waals surface area contributed by atoms with Crippen LogP contribution < -0.4 is 0 Å². The maximum atomic E-state index is 12.8. The predicted molar refractivity (Wildman–Crippen MR) is 135 cm³/mol. The standard InChI is InChI=1S/C30H41F3O3/c1-19(5-14-28(36)22-8-10-23(11-9-22)30(31,32)33)26-12-13-27-21(4-3-15-29(26,27)2)7-6-20-16-24(34)18-25(35)17-20/h6-11,19,24-28,34-36H,3-5,12-18H2,1-2H3/b21-7+/t19-,24-,25-,26-,27+,28+,29-/m1/s1. The molecule has 0 unspecified atom stereocenters. The molecule has 3 aliphatic rings. The molecule has 3 N–H and O–H groups in total. The molecule has 36 heavy (non-hydrogen) atoms. The van der Waals surface area contributed by atoms with Gasteiger partial charge in [-0.1, -0.05) is 49.3 Å². The van der Waals surface area contributed by atoms with Gasteiger partial charge >= 0.3 is 6.18 Å². The number of fused-ring (bicyclic) bond motifs is 1. The topological polar surface area (TPSA) is 60.7 Å². The lowest BCUT2D eigenvalue weighted by Gasteiger charge is -2.44. The molecule has 0 amide bonds. The van der Waals surface area contributed by atoms with E-state index in [4.69, 9.17) is 0 Å². The van der Waals surface area contributed by atoms with E-state index in [1.54, 1.807) is 0 Å². The molecule has 3 nitrogen and oxygen atoms in total. The van der Waals surface area contributed by atoms with Crippen molar-refractivity contribution in [3.05, 3.63) is 58.7 Å². The summed E-state index contributed by atoms with van der Waals surface area (Å²) in [6.07, 6.45) is 7.28. The van der Waals surface area contributed by atoms with E-state index in [2.05, 4.69) is 26.0 Å². The van der Waals surface area contributed by atoms with Gasteiger partial charge in [0.1, 0.15) is 0 Å². The second kappa shape index (κ2) is 11.0. The Balaban J connectivity index is 1.38. The Bertz CT molecular complexity index is 939. The number of rotatable bonds is 6. The number of hydrogen-bond acceptors (Lipinski definition) is 3. The molecule has 0 bridgehead atoms. The minimum absolute atomic E-state index is 0.215. The molecule has 200 valence electrons. The van der Waals surface area contributed by atoms with Crippen molar-refractivity contribution in [3.8, 4) is 0 Å². The molecule has 4 rings (SSSR count).